The lowest BCUT2D eigenvalue weighted by Gasteiger charge is -2.08. The average Bonchev–Trinajstić information content (AvgIpc) is 2.91. The SMILES string of the molecule is Cc1cc(C)cc(NC(N)=NCCc2c[nH]c3c(C)cccc23)c1. The van der Waals surface area contributed by atoms with Crippen LogP contribution in [0.4, 0.5) is 5.69 Å². The van der Waals surface area contributed by atoms with Gasteiger partial charge in [0.2, 0.25) is 0 Å². The molecule has 0 saturated carbocycles. The summed E-state index contributed by atoms with van der Waals surface area (Å²) in [5, 5.41) is 4.44. The second-order valence-corrected chi connectivity index (χ2v) is 6.33. The molecule has 4 nitrogen and oxygen atoms in total. The van der Waals surface area contributed by atoms with Crippen LogP contribution in [0.5, 0.6) is 0 Å². The summed E-state index contributed by atoms with van der Waals surface area (Å²) >= 11 is 0. The topological polar surface area (TPSA) is 66.2 Å². The Hall–Kier alpha value is -2.75. The van der Waals surface area contributed by atoms with Crippen LogP contribution in [0.15, 0.2) is 47.6 Å². The van der Waals surface area contributed by atoms with Crippen LogP contribution in [0.3, 0.4) is 0 Å². The number of aliphatic imine (C=N–C) groups is 1. The first-order valence-corrected chi connectivity index (χ1v) is 8.24. The van der Waals surface area contributed by atoms with E-state index in [-0.39, 0.29) is 0 Å². The van der Waals surface area contributed by atoms with Crippen LogP contribution >= 0.6 is 0 Å². The predicted molar refractivity (Wildman–Crippen MR) is 103 cm³/mol. The zero-order valence-electron chi connectivity index (χ0n) is 14.5. The van der Waals surface area contributed by atoms with E-state index in [1.54, 1.807) is 0 Å². The first-order chi connectivity index (χ1) is 11.5. The fourth-order valence-corrected chi connectivity index (χ4v) is 3.10. The highest BCUT2D eigenvalue weighted by molar-refractivity contribution is 5.92. The molecule has 0 atom stereocenters. The Labute approximate surface area is 142 Å². The Balaban J connectivity index is 1.65. The van der Waals surface area contributed by atoms with Gasteiger partial charge in [0.25, 0.3) is 0 Å². The number of aryl methyl sites for hydroxylation is 3. The van der Waals surface area contributed by atoms with Gasteiger partial charge >= 0.3 is 0 Å². The molecular formula is C20H24N4. The number of guanidine groups is 1. The van der Waals surface area contributed by atoms with Crippen molar-refractivity contribution in [2.75, 3.05) is 11.9 Å². The summed E-state index contributed by atoms with van der Waals surface area (Å²) < 4.78 is 0. The molecule has 3 rings (SSSR count). The van der Waals surface area contributed by atoms with Gasteiger partial charge < -0.3 is 16.0 Å². The number of H-pyrrole nitrogens is 1. The maximum atomic E-state index is 6.01. The molecule has 24 heavy (non-hydrogen) atoms. The monoisotopic (exact) mass is 320 g/mol. The number of nitrogens with zero attached hydrogens (tertiary/aromatic N) is 1. The van der Waals surface area contributed by atoms with E-state index in [0.717, 1.165) is 12.1 Å². The van der Waals surface area contributed by atoms with Crippen molar-refractivity contribution in [2.24, 2.45) is 10.7 Å². The minimum absolute atomic E-state index is 0.455. The number of para-hydroxylation sites is 1. The average molecular weight is 320 g/mol. The molecule has 0 bridgehead atoms. The van der Waals surface area contributed by atoms with Gasteiger partial charge in [-0.25, -0.2) is 0 Å². The van der Waals surface area contributed by atoms with Crippen LogP contribution in [0, 0.1) is 20.8 Å². The number of benzene rings is 2. The number of hydrogen-bond acceptors (Lipinski definition) is 1. The molecule has 0 saturated heterocycles. The molecular weight excluding hydrogens is 296 g/mol. The maximum Gasteiger partial charge on any atom is 0.193 e. The fraction of sp³-hybridized carbons (Fsp3) is 0.250. The van der Waals surface area contributed by atoms with Gasteiger partial charge in [0.05, 0.1) is 0 Å². The Bertz CT molecular complexity index is 870. The van der Waals surface area contributed by atoms with E-state index in [0.29, 0.717) is 12.5 Å². The molecule has 0 amide bonds. The predicted octanol–water partition coefficient (Wildman–Crippen LogP) is 4.06. The van der Waals surface area contributed by atoms with E-state index >= 15 is 0 Å². The molecule has 4 N–H and O–H groups in total. The molecule has 0 aliphatic rings. The number of hydrogen-bond donors (Lipinski definition) is 3. The lowest BCUT2D eigenvalue weighted by atomic mass is 10.1. The Morgan fingerprint density at radius 2 is 1.88 bits per heavy atom. The third-order valence-corrected chi connectivity index (χ3v) is 4.17. The summed E-state index contributed by atoms with van der Waals surface area (Å²) in [7, 11) is 0. The summed E-state index contributed by atoms with van der Waals surface area (Å²) in [5.74, 6) is 0.455. The van der Waals surface area contributed by atoms with Crippen LogP contribution in [0.2, 0.25) is 0 Å². The second-order valence-electron chi connectivity index (χ2n) is 6.33. The minimum Gasteiger partial charge on any atom is -0.370 e. The number of aromatic amines is 1. The Morgan fingerprint density at radius 1 is 1.12 bits per heavy atom. The third kappa shape index (κ3) is 3.59. The lowest BCUT2D eigenvalue weighted by molar-refractivity contribution is 0.972. The molecule has 4 heteroatoms. The van der Waals surface area contributed by atoms with Gasteiger partial charge in [0.15, 0.2) is 5.96 Å². The molecule has 0 spiro atoms. The quantitative estimate of drug-likeness (QED) is 0.501. The summed E-state index contributed by atoms with van der Waals surface area (Å²) in [6.45, 7) is 6.92. The largest absolute Gasteiger partial charge is 0.370 e. The van der Waals surface area contributed by atoms with Crippen molar-refractivity contribution < 1.29 is 0 Å². The molecule has 1 heterocycles. The van der Waals surface area contributed by atoms with Crippen LogP contribution in [0.25, 0.3) is 10.9 Å². The molecule has 0 aliphatic carbocycles. The van der Waals surface area contributed by atoms with Crippen molar-refractivity contribution in [3.63, 3.8) is 0 Å². The highest BCUT2D eigenvalue weighted by Gasteiger charge is 2.05. The standard InChI is InChI=1S/C20H24N4/c1-13-9-14(2)11-17(10-13)24-20(21)22-8-7-16-12-23-19-15(3)5-4-6-18(16)19/h4-6,9-12,23H,7-8H2,1-3H3,(H3,21,22,24). The van der Waals surface area contributed by atoms with Crippen molar-refractivity contribution in [3.05, 3.63) is 64.8 Å². The highest BCUT2D eigenvalue weighted by Crippen LogP contribution is 2.21. The van der Waals surface area contributed by atoms with E-state index in [4.69, 9.17) is 5.73 Å². The van der Waals surface area contributed by atoms with E-state index in [9.17, 15) is 0 Å². The fourth-order valence-electron chi connectivity index (χ4n) is 3.10. The van der Waals surface area contributed by atoms with Crippen molar-refractivity contribution in [1.29, 1.82) is 0 Å². The smallest absolute Gasteiger partial charge is 0.193 e. The highest BCUT2D eigenvalue weighted by atomic mass is 15.1. The van der Waals surface area contributed by atoms with Gasteiger partial charge in [-0.2, -0.15) is 0 Å². The molecule has 124 valence electrons. The zero-order chi connectivity index (χ0) is 17.1. The normalized spacial score (nSPS) is 11.9. The van der Waals surface area contributed by atoms with Crippen LogP contribution in [0.1, 0.15) is 22.3 Å². The van der Waals surface area contributed by atoms with E-state index < -0.39 is 0 Å². The lowest BCUT2D eigenvalue weighted by Crippen LogP contribution is -2.23. The molecule has 1 aromatic heterocycles. The van der Waals surface area contributed by atoms with Crippen LogP contribution in [-0.2, 0) is 6.42 Å². The number of aromatic nitrogens is 1. The summed E-state index contributed by atoms with van der Waals surface area (Å²) in [6.07, 6.45) is 2.93. The van der Waals surface area contributed by atoms with Crippen molar-refractivity contribution in [1.82, 2.24) is 4.98 Å². The van der Waals surface area contributed by atoms with Gasteiger partial charge in [-0.1, -0.05) is 24.3 Å². The number of anilines is 1. The Morgan fingerprint density at radius 3 is 2.62 bits per heavy atom. The van der Waals surface area contributed by atoms with Crippen molar-refractivity contribution in [2.45, 2.75) is 27.2 Å². The second kappa shape index (κ2) is 6.79. The molecule has 0 unspecified atom stereocenters. The summed E-state index contributed by atoms with van der Waals surface area (Å²) in [6, 6.07) is 12.6. The number of fused-ring (bicyclic) bond motifs is 1. The van der Waals surface area contributed by atoms with Gasteiger partial charge in [-0.3, -0.25) is 4.99 Å². The van der Waals surface area contributed by atoms with Gasteiger partial charge in [-0.15, -0.1) is 0 Å². The number of nitrogens with one attached hydrogen (secondary N) is 2. The van der Waals surface area contributed by atoms with Crippen molar-refractivity contribution >= 4 is 22.5 Å². The maximum absolute atomic E-state index is 6.01. The first kappa shape index (κ1) is 16.1. The van der Waals surface area contributed by atoms with Crippen LogP contribution in [-0.4, -0.2) is 17.5 Å². The van der Waals surface area contributed by atoms with Crippen molar-refractivity contribution in [3.8, 4) is 0 Å². The summed E-state index contributed by atoms with van der Waals surface area (Å²) in [5.41, 5.74) is 13.2. The van der Waals surface area contributed by atoms with E-state index in [1.165, 1.54) is 33.2 Å². The molecule has 3 aromatic rings. The van der Waals surface area contributed by atoms with E-state index in [1.807, 2.05) is 0 Å². The summed E-state index contributed by atoms with van der Waals surface area (Å²) in [4.78, 5) is 7.80. The zero-order valence-corrected chi connectivity index (χ0v) is 14.5. The Kier molecular flexibility index (Phi) is 4.56. The van der Waals surface area contributed by atoms with Gasteiger partial charge in [0.1, 0.15) is 0 Å². The van der Waals surface area contributed by atoms with Gasteiger partial charge in [0, 0.05) is 29.3 Å². The first-order valence-electron chi connectivity index (χ1n) is 8.24. The molecule has 0 fully saturated rings. The molecule has 0 radical (unpaired) electrons. The molecule has 2 aromatic carbocycles. The minimum atomic E-state index is 0.455. The number of nitrogens with two attached hydrogens (primary N) is 1. The number of rotatable bonds is 4. The van der Waals surface area contributed by atoms with E-state index in [2.05, 4.69) is 78.7 Å². The third-order valence-electron chi connectivity index (χ3n) is 4.17. The molecule has 0 aliphatic heterocycles. The van der Waals surface area contributed by atoms with Crippen LogP contribution < -0.4 is 11.1 Å². The van der Waals surface area contributed by atoms with Gasteiger partial charge in [-0.05, 0) is 61.6 Å².